The third kappa shape index (κ3) is 5.82. The molecule has 0 fully saturated rings. The molecule has 1 N–H and O–H groups in total. The highest BCUT2D eigenvalue weighted by atomic mass is 19.1. The molecule has 4 nitrogen and oxygen atoms in total. The van der Waals surface area contributed by atoms with Crippen molar-refractivity contribution in [3.05, 3.63) is 35.6 Å². The minimum atomic E-state index is -0.264. The monoisotopic (exact) mass is 280 g/mol. The quantitative estimate of drug-likeness (QED) is 0.827. The molecular formula is C15H21FN2O2. The van der Waals surface area contributed by atoms with Crippen molar-refractivity contribution in [2.45, 2.75) is 26.7 Å². The molecule has 20 heavy (non-hydrogen) atoms. The van der Waals surface area contributed by atoms with E-state index in [1.54, 1.807) is 24.0 Å². The van der Waals surface area contributed by atoms with Crippen LogP contribution in [-0.2, 0) is 16.0 Å². The van der Waals surface area contributed by atoms with Gasteiger partial charge in [-0.15, -0.1) is 0 Å². The van der Waals surface area contributed by atoms with E-state index in [1.165, 1.54) is 19.1 Å². The van der Waals surface area contributed by atoms with Crippen LogP contribution in [0.1, 0.15) is 25.8 Å². The molecule has 110 valence electrons. The molecule has 1 aromatic carbocycles. The summed E-state index contributed by atoms with van der Waals surface area (Å²) in [7, 11) is 0. The van der Waals surface area contributed by atoms with Gasteiger partial charge in [0.05, 0.1) is 0 Å². The molecule has 0 aromatic heterocycles. The molecule has 0 aliphatic heterocycles. The smallest absolute Gasteiger partial charge is 0.219 e. The van der Waals surface area contributed by atoms with Crippen LogP contribution in [0.2, 0.25) is 0 Å². The van der Waals surface area contributed by atoms with Gasteiger partial charge in [-0.1, -0.05) is 19.1 Å². The van der Waals surface area contributed by atoms with E-state index in [0.717, 1.165) is 5.56 Å². The van der Waals surface area contributed by atoms with Gasteiger partial charge in [0, 0.05) is 33.0 Å². The Morgan fingerprint density at radius 2 is 1.85 bits per heavy atom. The Bertz CT molecular complexity index is 446. The highest BCUT2D eigenvalue weighted by Gasteiger charge is 2.09. The molecule has 0 unspecified atom stereocenters. The van der Waals surface area contributed by atoms with Crippen LogP contribution in [0.5, 0.6) is 0 Å². The molecule has 0 saturated heterocycles. The van der Waals surface area contributed by atoms with Gasteiger partial charge < -0.3 is 10.2 Å². The maximum absolute atomic E-state index is 12.8. The summed E-state index contributed by atoms with van der Waals surface area (Å²) in [5.41, 5.74) is 0.982. The van der Waals surface area contributed by atoms with Gasteiger partial charge in [-0.05, 0) is 24.1 Å². The Hall–Kier alpha value is -1.91. The molecule has 2 amide bonds. The summed E-state index contributed by atoms with van der Waals surface area (Å²) in [5.74, 6) is -0.315. The molecule has 1 rings (SSSR count). The van der Waals surface area contributed by atoms with Crippen LogP contribution in [-0.4, -0.2) is 36.3 Å². The molecule has 0 heterocycles. The summed E-state index contributed by atoms with van der Waals surface area (Å²) in [6.07, 6.45) is 1.11. The topological polar surface area (TPSA) is 49.4 Å². The Morgan fingerprint density at radius 3 is 2.40 bits per heavy atom. The maximum Gasteiger partial charge on any atom is 0.219 e. The van der Waals surface area contributed by atoms with Crippen molar-refractivity contribution >= 4 is 11.8 Å². The van der Waals surface area contributed by atoms with E-state index in [2.05, 4.69) is 5.32 Å². The minimum Gasteiger partial charge on any atom is -0.354 e. The van der Waals surface area contributed by atoms with Crippen molar-refractivity contribution in [1.29, 1.82) is 0 Å². The van der Waals surface area contributed by atoms with Gasteiger partial charge in [0.25, 0.3) is 0 Å². The second-order valence-corrected chi connectivity index (χ2v) is 4.59. The Morgan fingerprint density at radius 1 is 1.20 bits per heavy atom. The highest BCUT2D eigenvalue weighted by Crippen LogP contribution is 2.04. The van der Waals surface area contributed by atoms with E-state index >= 15 is 0 Å². The number of hydrogen-bond donors (Lipinski definition) is 1. The van der Waals surface area contributed by atoms with Crippen molar-refractivity contribution in [1.82, 2.24) is 10.2 Å². The fourth-order valence-electron chi connectivity index (χ4n) is 1.80. The average molecular weight is 280 g/mol. The highest BCUT2D eigenvalue weighted by molar-refractivity contribution is 5.76. The van der Waals surface area contributed by atoms with E-state index < -0.39 is 0 Å². The number of benzene rings is 1. The van der Waals surface area contributed by atoms with Crippen molar-refractivity contribution in [3.8, 4) is 0 Å². The molecule has 1 aromatic rings. The number of amides is 2. The number of carbonyl (C=O) groups is 2. The van der Waals surface area contributed by atoms with Crippen LogP contribution in [0.15, 0.2) is 24.3 Å². The van der Waals surface area contributed by atoms with Crippen molar-refractivity contribution in [2.24, 2.45) is 0 Å². The first-order valence-electron chi connectivity index (χ1n) is 6.79. The van der Waals surface area contributed by atoms with Gasteiger partial charge in [0.1, 0.15) is 5.82 Å². The summed E-state index contributed by atoms with van der Waals surface area (Å²) < 4.78 is 12.8. The number of nitrogens with one attached hydrogen (secondary N) is 1. The molecular weight excluding hydrogens is 259 g/mol. The lowest BCUT2D eigenvalue weighted by atomic mass is 10.1. The van der Waals surface area contributed by atoms with Gasteiger partial charge >= 0.3 is 0 Å². The number of rotatable bonds is 7. The lowest BCUT2D eigenvalue weighted by molar-refractivity contribution is -0.129. The molecule has 0 bridgehead atoms. The van der Waals surface area contributed by atoms with E-state index in [4.69, 9.17) is 0 Å². The van der Waals surface area contributed by atoms with Crippen LogP contribution in [0.3, 0.4) is 0 Å². The largest absolute Gasteiger partial charge is 0.354 e. The first-order valence-corrected chi connectivity index (χ1v) is 6.79. The molecule has 0 radical (unpaired) electrons. The molecule has 0 aliphatic carbocycles. The fraction of sp³-hybridized carbons (Fsp3) is 0.467. The zero-order valence-corrected chi connectivity index (χ0v) is 12.0. The van der Waals surface area contributed by atoms with E-state index in [9.17, 15) is 14.0 Å². The van der Waals surface area contributed by atoms with Crippen LogP contribution < -0.4 is 5.32 Å². The number of halogens is 1. The second kappa shape index (κ2) is 8.30. The number of hydrogen-bond acceptors (Lipinski definition) is 2. The Balaban J connectivity index is 2.41. The van der Waals surface area contributed by atoms with Crippen LogP contribution in [0.4, 0.5) is 4.39 Å². The third-order valence-electron chi connectivity index (χ3n) is 3.05. The molecule has 0 spiro atoms. The maximum atomic E-state index is 12.8. The predicted molar refractivity (Wildman–Crippen MR) is 75.7 cm³/mol. The lowest BCUT2D eigenvalue weighted by Crippen LogP contribution is -2.38. The molecule has 5 heteroatoms. The number of nitrogens with zero attached hydrogens (tertiary/aromatic N) is 1. The number of carbonyl (C=O) groups excluding carboxylic acids is 2. The van der Waals surface area contributed by atoms with Crippen LogP contribution in [0, 0.1) is 5.82 Å². The van der Waals surface area contributed by atoms with Gasteiger partial charge in [-0.25, -0.2) is 4.39 Å². The average Bonchev–Trinajstić information content (AvgIpc) is 2.43. The summed E-state index contributed by atoms with van der Waals surface area (Å²) in [5, 5.41) is 2.74. The minimum absolute atomic E-state index is 0.0213. The summed E-state index contributed by atoms with van der Waals surface area (Å²) in [6, 6.07) is 6.25. The van der Waals surface area contributed by atoms with Crippen molar-refractivity contribution < 1.29 is 14.0 Å². The standard InChI is InChI=1S/C15H21FN2O2/c1-3-15(20)17-9-11-18(12(2)19)10-8-13-4-6-14(16)7-5-13/h4-7H,3,8-11H2,1-2H3,(H,17,20). The Labute approximate surface area is 119 Å². The second-order valence-electron chi connectivity index (χ2n) is 4.59. The first-order chi connectivity index (χ1) is 9.52. The van der Waals surface area contributed by atoms with Gasteiger partial charge in [-0.3, -0.25) is 9.59 Å². The summed E-state index contributed by atoms with van der Waals surface area (Å²) in [6.45, 7) is 4.79. The molecule has 0 aliphatic rings. The molecule has 0 saturated carbocycles. The zero-order chi connectivity index (χ0) is 15.0. The third-order valence-corrected chi connectivity index (χ3v) is 3.05. The van der Waals surface area contributed by atoms with E-state index in [0.29, 0.717) is 32.5 Å². The summed E-state index contributed by atoms with van der Waals surface area (Å²) in [4.78, 5) is 24.3. The van der Waals surface area contributed by atoms with Gasteiger partial charge in [0.2, 0.25) is 11.8 Å². The Kier molecular flexibility index (Phi) is 6.70. The van der Waals surface area contributed by atoms with E-state index in [1.807, 2.05) is 0 Å². The zero-order valence-electron chi connectivity index (χ0n) is 12.0. The van der Waals surface area contributed by atoms with Crippen molar-refractivity contribution in [3.63, 3.8) is 0 Å². The SMILES string of the molecule is CCC(=O)NCCN(CCc1ccc(F)cc1)C(C)=O. The van der Waals surface area contributed by atoms with Gasteiger partial charge in [0.15, 0.2) is 0 Å². The first kappa shape index (κ1) is 16.1. The summed E-state index contributed by atoms with van der Waals surface area (Å²) >= 11 is 0. The lowest BCUT2D eigenvalue weighted by Gasteiger charge is -2.21. The van der Waals surface area contributed by atoms with E-state index in [-0.39, 0.29) is 17.6 Å². The fourth-order valence-corrected chi connectivity index (χ4v) is 1.80. The van der Waals surface area contributed by atoms with Crippen molar-refractivity contribution in [2.75, 3.05) is 19.6 Å². The van der Waals surface area contributed by atoms with Crippen LogP contribution in [0.25, 0.3) is 0 Å². The van der Waals surface area contributed by atoms with Crippen LogP contribution >= 0.6 is 0 Å². The van der Waals surface area contributed by atoms with Gasteiger partial charge in [-0.2, -0.15) is 0 Å². The normalized spacial score (nSPS) is 10.2. The molecule has 0 atom stereocenters. The predicted octanol–water partition coefficient (Wildman–Crippen LogP) is 1.74.